The molecule has 0 radical (unpaired) electrons. The molecule has 0 saturated heterocycles. The van der Waals surface area contributed by atoms with Gasteiger partial charge in [0.1, 0.15) is 10.3 Å². The molecule has 0 bridgehead atoms. The van der Waals surface area contributed by atoms with Crippen molar-refractivity contribution in [1.82, 2.24) is 9.38 Å². The van der Waals surface area contributed by atoms with Crippen LogP contribution in [0.25, 0.3) is 16.8 Å². The van der Waals surface area contributed by atoms with Crippen molar-refractivity contribution >= 4 is 44.8 Å². The summed E-state index contributed by atoms with van der Waals surface area (Å²) < 4.78 is 2.92. The van der Waals surface area contributed by atoms with E-state index >= 15 is 0 Å². The lowest BCUT2D eigenvalue weighted by Gasteiger charge is -2.11. The average molecular weight is 370 g/mol. The van der Waals surface area contributed by atoms with Crippen LogP contribution in [-0.4, -0.2) is 9.38 Å². The molecule has 0 aliphatic rings. The van der Waals surface area contributed by atoms with Crippen LogP contribution in [0.2, 0.25) is 10.0 Å². The van der Waals surface area contributed by atoms with Crippen LogP contribution in [0.15, 0.2) is 41.3 Å². The molecule has 0 unspecified atom stereocenters. The zero-order chi connectivity index (χ0) is 14.3. The van der Waals surface area contributed by atoms with Crippen molar-refractivity contribution in [2.75, 3.05) is 0 Å². The third-order valence-corrected chi connectivity index (χ3v) is 4.42. The third kappa shape index (κ3) is 2.34. The molecule has 2 aromatic heterocycles. The third-order valence-electron chi connectivity index (χ3n) is 3.29. The summed E-state index contributed by atoms with van der Waals surface area (Å²) in [7, 11) is 0. The van der Waals surface area contributed by atoms with Gasteiger partial charge in [-0.25, -0.2) is 4.98 Å². The number of hydrogen-bond acceptors (Lipinski definition) is 1. The number of halogens is 3. The monoisotopic (exact) mass is 368 g/mol. The molecular weight excluding hydrogens is 359 g/mol. The standard InChI is InChI=1S/C15H11BrCl2N2/c1-2-9-5-15-19-7-14(16)20(15)8-12(9)11-4-3-10(17)6-13(11)18/h3-8H,2H2,1H3. The Labute approximate surface area is 135 Å². The fraction of sp³-hybridized carbons (Fsp3) is 0.133. The number of pyridine rings is 1. The Morgan fingerprint density at radius 2 is 2.00 bits per heavy atom. The SMILES string of the molecule is CCc1cc2ncc(Br)n2cc1-c1ccc(Cl)cc1Cl. The predicted molar refractivity (Wildman–Crippen MR) is 87.7 cm³/mol. The Bertz CT molecular complexity index is 796. The summed E-state index contributed by atoms with van der Waals surface area (Å²) in [5.74, 6) is 0. The number of benzene rings is 1. The molecule has 0 spiro atoms. The van der Waals surface area contributed by atoms with Crippen molar-refractivity contribution in [2.24, 2.45) is 0 Å². The first-order chi connectivity index (χ1) is 9.60. The molecular formula is C15H11BrCl2N2. The second kappa shape index (κ2) is 5.40. The van der Waals surface area contributed by atoms with Crippen molar-refractivity contribution in [1.29, 1.82) is 0 Å². The van der Waals surface area contributed by atoms with Gasteiger partial charge in [0.15, 0.2) is 0 Å². The van der Waals surface area contributed by atoms with E-state index < -0.39 is 0 Å². The van der Waals surface area contributed by atoms with Crippen LogP contribution >= 0.6 is 39.1 Å². The van der Waals surface area contributed by atoms with Gasteiger partial charge in [-0.05, 0) is 46.1 Å². The molecule has 2 nitrogen and oxygen atoms in total. The molecule has 0 saturated carbocycles. The van der Waals surface area contributed by atoms with Crippen molar-refractivity contribution in [3.8, 4) is 11.1 Å². The van der Waals surface area contributed by atoms with E-state index in [1.165, 1.54) is 5.56 Å². The minimum atomic E-state index is 0.640. The maximum Gasteiger partial charge on any atom is 0.137 e. The number of fused-ring (bicyclic) bond motifs is 1. The zero-order valence-electron chi connectivity index (χ0n) is 10.7. The lowest BCUT2D eigenvalue weighted by molar-refractivity contribution is 1.09. The van der Waals surface area contributed by atoms with Gasteiger partial charge in [-0.2, -0.15) is 0 Å². The fourth-order valence-corrected chi connectivity index (χ4v) is 3.17. The number of rotatable bonds is 2. The summed E-state index contributed by atoms with van der Waals surface area (Å²) in [6, 6.07) is 7.67. The average Bonchev–Trinajstić information content (AvgIpc) is 2.78. The molecule has 3 rings (SSSR count). The Balaban J connectivity index is 2.30. The fourth-order valence-electron chi connectivity index (χ4n) is 2.28. The van der Waals surface area contributed by atoms with Crippen LogP contribution in [0.5, 0.6) is 0 Å². The Morgan fingerprint density at radius 1 is 1.20 bits per heavy atom. The minimum absolute atomic E-state index is 0.640. The molecule has 0 amide bonds. The van der Waals surface area contributed by atoms with E-state index in [9.17, 15) is 0 Å². The topological polar surface area (TPSA) is 17.3 Å². The van der Waals surface area contributed by atoms with Crippen molar-refractivity contribution < 1.29 is 0 Å². The van der Waals surface area contributed by atoms with Crippen molar-refractivity contribution in [3.63, 3.8) is 0 Å². The van der Waals surface area contributed by atoms with Gasteiger partial charge in [-0.15, -0.1) is 0 Å². The molecule has 5 heteroatoms. The molecule has 0 aliphatic heterocycles. The quantitative estimate of drug-likeness (QED) is 0.571. The highest BCUT2D eigenvalue weighted by atomic mass is 79.9. The first-order valence-corrected chi connectivity index (χ1v) is 7.76. The van der Waals surface area contributed by atoms with Gasteiger partial charge in [-0.3, -0.25) is 4.40 Å². The summed E-state index contributed by atoms with van der Waals surface area (Å²) in [4.78, 5) is 4.36. The second-order valence-corrected chi connectivity index (χ2v) is 6.16. The van der Waals surface area contributed by atoms with Gasteiger partial charge in [0.2, 0.25) is 0 Å². The smallest absolute Gasteiger partial charge is 0.137 e. The van der Waals surface area contributed by atoms with Crippen LogP contribution in [0.1, 0.15) is 12.5 Å². The van der Waals surface area contributed by atoms with Crippen LogP contribution in [0, 0.1) is 0 Å². The molecule has 1 aromatic carbocycles. The van der Waals surface area contributed by atoms with E-state index in [-0.39, 0.29) is 0 Å². The van der Waals surface area contributed by atoms with Crippen LogP contribution in [0.3, 0.4) is 0 Å². The van der Waals surface area contributed by atoms with E-state index in [0.29, 0.717) is 10.0 Å². The Hall–Kier alpha value is -1.03. The van der Waals surface area contributed by atoms with E-state index in [0.717, 1.165) is 27.8 Å². The normalized spacial score (nSPS) is 11.2. The van der Waals surface area contributed by atoms with Gasteiger partial charge >= 0.3 is 0 Å². The summed E-state index contributed by atoms with van der Waals surface area (Å²) >= 11 is 15.8. The summed E-state index contributed by atoms with van der Waals surface area (Å²) in [5.41, 5.74) is 4.21. The maximum absolute atomic E-state index is 6.34. The summed E-state index contributed by atoms with van der Waals surface area (Å²) in [5, 5.41) is 1.30. The van der Waals surface area contributed by atoms with E-state index in [2.05, 4.69) is 40.1 Å². The highest BCUT2D eigenvalue weighted by molar-refractivity contribution is 9.10. The highest BCUT2D eigenvalue weighted by Crippen LogP contribution is 2.33. The molecule has 102 valence electrons. The first-order valence-electron chi connectivity index (χ1n) is 6.21. The first kappa shape index (κ1) is 13.9. The Kier molecular flexibility index (Phi) is 3.76. The maximum atomic E-state index is 6.34. The van der Waals surface area contributed by atoms with E-state index in [4.69, 9.17) is 23.2 Å². The Morgan fingerprint density at radius 3 is 2.70 bits per heavy atom. The number of imidazole rings is 1. The lowest BCUT2D eigenvalue weighted by atomic mass is 10.0. The molecule has 0 atom stereocenters. The molecule has 0 aliphatic carbocycles. The molecule has 0 fully saturated rings. The minimum Gasteiger partial charge on any atom is -0.294 e. The van der Waals surface area contributed by atoms with Gasteiger partial charge in [0, 0.05) is 27.4 Å². The molecule has 0 N–H and O–H groups in total. The number of aryl methyl sites for hydroxylation is 1. The van der Waals surface area contributed by atoms with Gasteiger partial charge in [0.25, 0.3) is 0 Å². The predicted octanol–water partition coefficient (Wildman–Crippen LogP) is 5.63. The number of hydrogen-bond donors (Lipinski definition) is 0. The second-order valence-electron chi connectivity index (χ2n) is 4.50. The summed E-state index contributed by atoms with van der Waals surface area (Å²) in [6.07, 6.45) is 4.76. The number of aromatic nitrogens is 2. The van der Waals surface area contributed by atoms with E-state index in [1.807, 2.05) is 16.5 Å². The highest BCUT2D eigenvalue weighted by Gasteiger charge is 2.12. The van der Waals surface area contributed by atoms with Gasteiger partial charge < -0.3 is 0 Å². The van der Waals surface area contributed by atoms with E-state index in [1.54, 1.807) is 12.3 Å². The van der Waals surface area contributed by atoms with Crippen LogP contribution < -0.4 is 0 Å². The zero-order valence-corrected chi connectivity index (χ0v) is 13.8. The molecule has 3 aromatic rings. The summed E-state index contributed by atoms with van der Waals surface area (Å²) in [6.45, 7) is 2.12. The molecule has 20 heavy (non-hydrogen) atoms. The van der Waals surface area contributed by atoms with Crippen LogP contribution in [0.4, 0.5) is 0 Å². The van der Waals surface area contributed by atoms with Crippen LogP contribution in [-0.2, 0) is 6.42 Å². The largest absolute Gasteiger partial charge is 0.294 e. The van der Waals surface area contributed by atoms with Gasteiger partial charge in [0.05, 0.1) is 6.20 Å². The van der Waals surface area contributed by atoms with Gasteiger partial charge in [-0.1, -0.05) is 36.2 Å². The van der Waals surface area contributed by atoms with Crippen molar-refractivity contribution in [2.45, 2.75) is 13.3 Å². The molecule has 2 heterocycles. The van der Waals surface area contributed by atoms with Crippen molar-refractivity contribution in [3.05, 3.63) is 56.9 Å². The lowest BCUT2D eigenvalue weighted by Crippen LogP contribution is -1.94. The number of nitrogens with zero attached hydrogens (tertiary/aromatic N) is 2.